The van der Waals surface area contributed by atoms with Crippen LogP contribution in [0.5, 0.6) is 5.75 Å². The van der Waals surface area contributed by atoms with Gasteiger partial charge in [0.1, 0.15) is 11.4 Å². The van der Waals surface area contributed by atoms with E-state index in [1.807, 2.05) is 41.4 Å². The van der Waals surface area contributed by atoms with Gasteiger partial charge in [0.15, 0.2) is 0 Å². The van der Waals surface area contributed by atoms with E-state index in [1.165, 1.54) is 0 Å². The molecule has 2 amide bonds. The van der Waals surface area contributed by atoms with Crippen LogP contribution in [0.25, 0.3) is 22.2 Å². The fraction of sp³-hybridized carbons (Fsp3) is 0.333. The molecule has 2 aromatic heterocycles. The van der Waals surface area contributed by atoms with Gasteiger partial charge in [-0.3, -0.25) is 14.6 Å². The Hall–Kier alpha value is -4.54. The van der Waals surface area contributed by atoms with E-state index in [-0.39, 0.29) is 11.8 Å². The minimum Gasteiger partial charge on any atom is -0.496 e. The van der Waals surface area contributed by atoms with Gasteiger partial charge in [-0.15, -0.1) is 10.2 Å². The third-order valence-corrected chi connectivity index (χ3v) is 7.80. The van der Waals surface area contributed by atoms with Crippen molar-refractivity contribution >= 4 is 28.3 Å². The third kappa shape index (κ3) is 3.73. The molecule has 7 rings (SSSR count). The molecule has 0 unspecified atom stereocenters. The number of nitrogens with zero attached hydrogens (tertiary/aromatic N) is 5. The highest BCUT2D eigenvalue weighted by Crippen LogP contribution is 2.43. The number of methoxy groups -OCH3 is 1. The first-order chi connectivity index (χ1) is 18.5. The second kappa shape index (κ2) is 8.51. The van der Waals surface area contributed by atoms with Gasteiger partial charge in [-0.05, 0) is 54.5 Å². The second-order valence-electron chi connectivity index (χ2n) is 10.2. The molecule has 4 heterocycles. The summed E-state index contributed by atoms with van der Waals surface area (Å²) in [6, 6.07) is 11.2. The molecule has 1 saturated carbocycles. The largest absolute Gasteiger partial charge is 0.496 e. The van der Waals surface area contributed by atoms with Gasteiger partial charge in [0.2, 0.25) is 5.82 Å². The van der Waals surface area contributed by atoms with Gasteiger partial charge >= 0.3 is 0 Å². The smallest absolute Gasteiger partial charge is 0.255 e. The highest BCUT2D eigenvalue weighted by molar-refractivity contribution is 6.04. The Bertz CT molecular complexity index is 1570. The summed E-state index contributed by atoms with van der Waals surface area (Å²) in [6.45, 7) is 1.01. The molecule has 2 aromatic carbocycles. The maximum absolute atomic E-state index is 13.6. The Morgan fingerprint density at radius 3 is 2.66 bits per heavy atom. The molecule has 1 aliphatic carbocycles. The summed E-state index contributed by atoms with van der Waals surface area (Å²) in [4.78, 5) is 33.2. The lowest BCUT2D eigenvalue weighted by atomic mass is 9.91. The Kier molecular flexibility index (Phi) is 5.07. The van der Waals surface area contributed by atoms with Crippen molar-refractivity contribution in [1.29, 1.82) is 0 Å². The maximum Gasteiger partial charge on any atom is 0.255 e. The number of hydrogen-bond acceptors (Lipinski definition) is 8. The number of tetrazole rings is 1. The summed E-state index contributed by atoms with van der Waals surface area (Å²) >= 11 is 0. The van der Waals surface area contributed by atoms with Gasteiger partial charge in [-0.25, -0.2) is 0 Å². The molecule has 38 heavy (non-hydrogen) atoms. The first kappa shape index (κ1) is 22.6. The Morgan fingerprint density at radius 2 is 1.92 bits per heavy atom. The zero-order valence-corrected chi connectivity index (χ0v) is 20.8. The van der Waals surface area contributed by atoms with E-state index in [4.69, 9.17) is 4.74 Å². The van der Waals surface area contributed by atoms with Crippen LogP contribution >= 0.6 is 0 Å². The van der Waals surface area contributed by atoms with E-state index >= 15 is 0 Å². The summed E-state index contributed by atoms with van der Waals surface area (Å²) in [6.07, 6.45) is 5.23. The normalized spacial score (nSPS) is 18.1. The molecule has 1 spiro atoms. The molecule has 2 aliphatic heterocycles. The van der Waals surface area contributed by atoms with Crippen LogP contribution in [0.1, 0.15) is 58.0 Å². The first-order valence-electron chi connectivity index (χ1n) is 12.8. The van der Waals surface area contributed by atoms with Crippen molar-refractivity contribution in [3.63, 3.8) is 0 Å². The number of pyridine rings is 1. The molecule has 3 N–H and O–H groups in total. The van der Waals surface area contributed by atoms with Crippen LogP contribution in [0.3, 0.4) is 0 Å². The van der Waals surface area contributed by atoms with Crippen molar-refractivity contribution in [2.75, 3.05) is 25.5 Å². The van der Waals surface area contributed by atoms with Crippen LogP contribution in [-0.4, -0.2) is 68.2 Å². The SMILES string of the molecule is COc1cc(C(=O)N2CCC3(CC2)NC(=O)c2cc(-c4nn[nH]n4)ccc2N3)cc2c(C3CC3)nccc12. The number of piperidine rings is 1. The number of rotatable bonds is 4. The lowest BCUT2D eigenvalue weighted by Crippen LogP contribution is -2.62. The highest BCUT2D eigenvalue weighted by Gasteiger charge is 2.41. The summed E-state index contributed by atoms with van der Waals surface area (Å²) < 4.78 is 5.66. The van der Waals surface area contributed by atoms with Gasteiger partial charge in [0.25, 0.3) is 11.8 Å². The van der Waals surface area contributed by atoms with Crippen molar-refractivity contribution in [2.24, 2.45) is 0 Å². The molecule has 11 nitrogen and oxygen atoms in total. The molecule has 3 aliphatic rings. The third-order valence-electron chi connectivity index (χ3n) is 7.80. The Balaban J connectivity index is 1.11. The molecule has 4 aromatic rings. The zero-order valence-electron chi connectivity index (χ0n) is 20.8. The number of fused-ring (bicyclic) bond motifs is 2. The van der Waals surface area contributed by atoms with E-state index < -0.39 is 5.66 Å². The maximum atomic E-state index is 13.6. The molecular formula is C27H26N8O3. The summed E-state index contributed by atoms with van der Waals surface area (Å²) in [5.41, 5.74) is 3.01. The number of benzene rings is 2. The number of H-pyrrole nitrogens is 1. The van der Waals surface area contributed by atoms with E-state index in [1.54, 1.807) is 13.2 Å². The van der Waals surface area contributed by atoms with Crippen LogP contribution in [0.15, 0.2) is 42.6 Å². The number of aromatic amines is 1. The van der Waals surface area contributed by atoms with Crippen molar-refractivity contribution < 1.29 is 14.3 Å². The number of nitrogens with one attached hydrogen (secondary N) is 3. The van der Waals surface area contributed by atoms with Crippen LogP contribution < -0.4 is 15.4 Å². The number of carbonyl (C=O) groups is 2. The van der Waals surface area contributed by atoms with Crippen molar-refractivity contribution in [3.8, 4) is 17.1 Å². The quantitative estimate of drug-likeness (QED) is 0.381. The number of likely N-dealkylation sites (tertiary alicyclic amines) is 1. The Labute approximate surface area is 218 Å². The van der Waals surface area contributed by atoms with E-state index in [0.717, 1.165) is 35.0 Å². The van der Waals surface area contributed by atoms with Crippen LogP contribution in [0, 0.1) is 0 Å². The number of ether oxygens (including phenoxy) is 1. The van der Waals surface area contributed by atoms with Gasteiger partial charge in [-0.1, -0.05) is 0 Å². The summed E-state index contributed by atoms with van der Waals surface area (Å²) in [5.74, 6) is 1.36. The van der Waals surface area contributed by atoms with Gasteiger partial charge in [0, 0.05) is 65.6 Å². The molecule has 2 fully saturated rings. The van der Waals surface area contributed by atoms with E-state index in [9.17, 15) is 9.59 Å². The average molecular weight is 511 g/mol. The molecule has 11 heteroatoms. The number of amides is 2. The standard InChI is InChI=1S/C27H26N8O3/c1-38-22-14-17(13-19-18(22)6-9-28-23(19)15-2-3-15)26(37)35-10-7-27(8-11-35)29-21-5-4-16(24-31-33-34-32-24)12-20(21)25(36)30-27/h4-6,9,12-15,29H,2-3,7-8,10-11H2,1H3,(H,30,36)(H,31,32,33,34). The predicted molar refractivity (Wildman–Crippen MR) is 139 cm³/mol. The second-order valence-corrected chi connectivity index (χ2v) is 10.2. The number of anilines is 1. The minimum absolute atomic E-state index is 0.0436. The fourth-order valence-electron chi connectivity index (χ4n) is 5.61. The Morgan fingerprint density at radius 1 is 1.08 bits per heavy atom. The van der Waals surface area contributed by atoms with E-state index in [0.29, 0.717) is 60.1 Å². The van der Waals surface area contributed by atoms with E-state index in [2.05, 4.69) is 36.2 Å². The van der Waals surface area contributed by atoms with Crippen LogP contribution in [-0.2, 0) is 0 Å². The van der Waals surface area contributed by atoms with Crippen LogP contribution in [0.2, 0.25) is 0 Å². The number of aromatic nitrogens is 5. The number of carbonyl (C=O) groups excluding carboxylic acids is 2. The first-order valence-corrected chi connectivity index (χ1v) is 12.8. The van der Waals surface area contributed by atoms with Crippen molar-refractivity contribution in [3.05, 3.63) is 59.4 Å². The lowest BCUT2D eigenvalue weighted by molar-refractivity contribution is 0.0639. The summed E-state index contributed by atoms with van der Waals surface area (Å²) in [5, 5.41) is 22.6. The predicted octanol–water partition coefficient (Wildman–Crippen LogP) is 3.09. The molecule has 192 valence electrons. The highest BCUT2D eigenvalue weighted by atomic mass is 16.5. The van der Waals surface area contributed by atoms with Gasteiger partial charge in [-0.2, -0.15) is 5.21 Å². The molecule has 1 saturated heterocycles. The zero-order chi connectivity index (χ0) is 25.9. The average Bonchev–Trinajstić information content (AvgIpc) is 3.64. The minimum atomic E-state index is -0.612. The molecule has 0 atom stereocenters. The number of hydrogen-bond donors (Lipinski definition) is 3. The van der Waals surface area contributed by atoms with Gasteiger partial charge < -0.3 is 20.3 Å². The van der Waals surface area contributed by atoms with Crippen molar-refractivity contribution in [2.45, 2.75) is 37.3 Å². The lowest BCUT2D eigenvalue weighted by Gasteiger charge is -2.46. The molecule has 0 bridgehead atoms. The fourth-order valence-corrected chi connectivity index (χ4v) is 5.61. The van der Waals surface area contributed by atoms with Gasteiger partial charge in [0.05, 0.1) is 18.4 Å². The monoisotopic (exact) mass is 510 g/mol. The van der Waals surface area contributed by atoms with Crippen molar-refractivity contribution in [1.82, 2.24) is 35.8 Å². The van der Waals surface area contributed by atoms with Crippen LogP contribution in [0.4, 0.5) is 5.69 Å². The molecule has 0 radical (unpaired) electrons. The molecular weight excluding hydrogens is 484 g/mol. The summed E-state index contributed by atoms with van der Waals surface area (Å²) in [7, 11) is 1.63. The topological polar surface area (TPSA) is 138 Å².